The highest BCUT2D eigenvalue weighted by molar-refractivity contribution is 5.69. The smallest absolute Gasteiger partial charge is 0.306 e. The zero-order valence-corrected chi connectivity index (χ0v) is 52.2. The zero-order valence-electron chi connectivity index (χ0n) is 52.2. The van der Waals surface area contributed by atoms with Gasteiger partial charge in [0.05, 0.1) is 26.4 Å². The molecule has 11 atom stereocenters. The van der Waals surface area contributed by atoms with Crippen molar-refractivity contribution in [3.8, 4) is 0 Å². The van der Waals surface area contributed by atoms with E-state index in [1.807, 2.05) is 0 Å². The summed E-state index contributed by atoms with van der Waals surface area (Å²) in [7, 11) is 0. The summed E-state index contributed by atoms with van der Waals surface area (Å²) in [6.45, 7) is 3.59. The van der Waals surface area contributed by atoms with Crippen LogP contribution in [-0.2, 0) is 33.2 Å². The van der Waals surface area contributed by atoms with Gasteiger partial charge in [-0.1, -0.05) is 241 Å². The van der Waals surface area contributed by atoms with Crippen molar-refractivity contribution >= 4 is 5.97 Å². The van der Waals surface area contributed by atoms with Gasteiger partial charge in [-0.2, -0.15) is 0 Å². The van der Waals surface area contributed by atoms with Gasteiger partial charge in [0.2, 0.25) is 0 Å². The van der Waals surface area contributed by atoms with Crippen LogP contribution in [0.2, 0.25) is 0 Å². The van der Waals surface area contributed by atoms with Crippen LogP contribution in [0, 0.1) is 0 Å². The van der Waals surface area contributed by atoms with Crippen molar-refractivity contribution in [3.05, 3.63) is 72.9 Å². The zero-order chi connectivity index (χ0) is 60.1. The van der Waals surface area contributed by atoms with Gasteiger partial charge in [0.25, 0.3) is 0 Å². The predicted molar refractivity (Wildman–Crippen MR) is 335 cm³/mol. The number of rotatable bonds is 55. The number of esters is 1. The Balaban J connectivity index is 1.66. The van der Waals surface area contributed by atoms with Gasteiger partial charge in [0.1, 0.15) is 54.9 Å². The number of aliphatic hydroxyl groups excluding tert-OH is 7. The first-order chi connectivity index (χ1) is 40.6. The topological polar surface area (TPSA) is 214 Å². The second-order valence-corrected chi connectivity index (χ2v) is 23.3. The van der Waals surface area contributed by atoms with Crippen LogP contribution in [0.4, 0.5) is 0 Å². The molecule has 0 aromatic rings. The molecule has 0 spiro atoms. The van der Waals surface area contributed by atoms with Crippen LogP contribution in [0.5, 0.6) is 0 Å². The molecule has 14 nitrogen and oxygen atoms in total. The van der Waals surface area contributed by atoms with E-state index < -0.39 is 80.7 Å². The normalized spacial score (nSPS) is 23.9. The van der Waals surface area contributed by atoms with Crippen molar-refractivity contribution < 1.29 is 69.0 Å². The Hall–Kier alpha value is -2.57. The largest absolute Gasteiger partial charge is 0.457 e. The van der Waals surface area contributed by atoms with Gasteiger partial charge < -0.3 is 64.2 Å². The molecule has 0 amide bonds. The fraction of sp³-hybridized carbons (Fsp3) is 0.812. The first kappa shape index (κ1) is 76.5. The van der Waals surface area contributed by atoms with E-state index in [1.165, 1.54) is 148 Å². The van der Waals surface area contributed by atoms with Crippen LogP contribution in [0.1, 0.15) is 258 Å². The molecule has 2 rings (SSSR count). The third-order valence-corrected chi connectivity index (χ3v) is 15.7. The second kappa shape index (κ2) is 54.8. The lowest BCUT2D eigenvalue weighted by Crippen LogP contribution is -2.61. The molecule has 0 radical (unpaired) electrons. The van der Waals surface area contributed by atoms with E-state index in [-0.39, 0.29) is 25.6 Å². The van der Waals surface area contributed by atoms with Crippen molar-refractivity contribution in [2.45, 2.75) is 325 Å². The van der Waals surface area contributed by atoms with E-state index in [0.29, 0.717) is 13.0 Å². The fourth-order valence-electron chi connectivity index (χ4n) is 10.4. The molecule has 7 N–H and O–H groups in total. The summed E-state index contributed by atoms with van der Waals surface area (Å²) < 4.78 is 34.5. The maximum Gasteiger partial charge on any atom is 0.306 e. The maximum atomic E-state index is 13.1. The summed E-state index contributed by atoms with van der Waals surface area (Å²) in [5, 5.41) is 72.6. The number of aliphatic hydroxyl groups is 7. The molecule has 0 saturated carbocycles. The third-order valence-electron chi connectivity index (χ3n) is 15.7. The lowest BCUT2D eigenvalue weighted by Gasteiger charge is -2.42. The molecule has 2 saturated heterocycles. The molecule has 83 heavy (non-hydrogen) atoms. The molecule has 0 aromatic carbocycles. The Kier molecular flexibility index (Phi) is 50.5. The number of allylic oxidation sites excluding steroid dienone is 12. The van der Waals surface area contributed by atoms with Crippen LogP contribution >= 0.6 is 0 Å². The van der Waals surface area contributed by atoms with Crippen LogP contribution in [-0.4, -0.2) is 142 Å². The summed E-state index contributed by atoms with van der Waals surface area (Å²) in [4.78, 5) is 13.1. The minimum absolute atomic E-state index is 0.0553. The molecule has 0 bridgehead atoms. The lowest BCUT2D eigenvalue weighted by molar-refractivity contribution is -0.332. The monoisotopic (exact) mass is 1170 g/mol. The second-order valence-electron chi connectivity index (χ2n) is 23.3. The minimum Gasteiger partial charge on any atom is -0.457 e. The fourth-order valence-corrected chi connectivity index (χ4v) is 10.4. The molecular formula is C69H122O14. The molecule has 14 heteroatoms. The highest BCUT2D eigenvalue weighted by atomic mass is 16.7. The number of carbonyl (C=O) groups excluding carboxylic acids is 1. The van der Waals surface area contributed by atoms with E-state index >= 15 is 0 Å². The molecule has 2 aliphatic heterocycles. The number of unbranched alkanes of at least 4 members (excludes halogenated alkanes) is 29. The molecule has 11 unspecified atom stereocenters. The van der Waals surface area contributed by atoms with Crippen LogP contribution in [0.3, 0.4) is 0 Å². The Labute approximate surface area is 504 Å². The summed E-state index contributed by atoms with van der Waals surface area (Å²) in [5.41, 5.74) is 0. The van der Waals surface area contributed by atoms with Gasteiger partial charge in [-0.25, -0.2) is 0 Å². The number of hydrogen-bond acceptors (Lipinski definition) is 14. The molecular weight excluding hydrogens is 1050 g/mol. The van der Waals surface area contributed by atoms with Crippen molar-refractivity contribution in [1.82, 2.24) is 0 Å². The van der Waals surface area contributed by atoms with Gasteiger partial charge in [-0.05, 0) is 83.5 Å². The Morgan fingerprint density at radius 1 is 0.410 bits per heavy atom. The van der Waals surface area contributed by atoms with E-state index in [9.17, 15) is 40.5 Å². The van der Waals surface area contributed by atoms with Crippen molar-refractivity contribution in [2.75, 3.05) is 33.0 Å². The van der Waals surface area contributed by atoms with Crippen LogP contribution < -0.4 is 0 Å². The quantitative estimate of drug-likeness (QED) is 0.0171. The van der Waals surface area contributed by atoms with Gasteiger partial charge in [-0.15, -0.1) is 0 Å². The third kappa shape index (κ3) is 40.5. The van der Waals surface area contributed by atoms with Crippen molar-refractivity contribution in [1.29, 1.82) is 0 Å². The van der Waals surface area contributed by atoms with E-state index in [2.05, 4.69) is 86.8 Å². The first-order valence-electron chi connectivity index (χ1n) is 33.5. The number of ether oxygens (including phenoxy) is 6. The summed E-state index contributed by atoms with van der Waals surface area (Å²) in [6, 6.07) is 0. The average molecular weight is 1180 g/mol. The Morgan fingerprint density at radius 3 is 1.24 bits per heavy atom. The van der Waals surface area contributed by atoms with Crippen LogP contribution in [0.15, 0.2) is 72.9 Å². The van der Waals surface area contributed by atoms with Crippen LogP contribution in [0.25, 0.3) is 0 Å². The Morgan fingerprint density at radius 2 is 0.783 bits per heavy atom. The SMILES string of the molecule is CC/C=C\C/C=C\C/C=C\C/C=C\C/C=C\CCCCCCCCCC(=O)OC(COCCCCCCCCCCCCCCCC/C=C\CCCCCCCCCC)COC1OC(COC2OC(CO)C(O)C(O)C2O)C(O)C(O)C1O. The Bertz CT molecular complexity index is 1650. The summed E-state index contributed by atoms with van der Waals surface area (Å²) >= 11 is 0. The van der Waals surface area contributed by atoms with Crippen molar-refractivity contribution in [3.63, 3.8) is 0 Å². The maximum absolute atomic E-state index is 13.1. The predicted octanol–water partition coefficient (Wildman–Crippen LogP) is 13.8. The molecule has 0 aromatic heterocycles. The van der Waals surface area contributed by atoms with E-state index in [1.54, 1.807) is 0 Å². The minimum atomic E-state index is -1.71. The average Bonchev–Trinajstić information content (AvgIpc) is 3.49. The molecule has 482 valence electrons. The summed E-state index contributed by atoms with van der Waals surface area (Å²) in [6.07, 6.45) is 55.4. The molecule has 2 heterocycles. The molecule has 2 aliphatic rings. The number of carbonyl (C=O) groups is 1. The van der Waals surface area contributed by atoms with Gasteiger partial charge >= 0.3 is 5.97 Å². The highest BCUT2D eigenvalue weighted by Gasteiger charge is 2.47. The van der Waals surface area contributed by atoms with E-state index in [0.717, 1.165) is 83.5 Å². The molecule has 2 fully saturated rings. The van der Waals surface area contributed by atoms with Gasteiger partial charge in [0, 0.05) is 13.0 Å². The highest BCUT2D eigenvalue weighted by Crippen LogP contribution is 2.27. The molecule has 0 aliphatic carbocycles. The number of hydrogen-bond donors (Lipinski definition) is 7. The van der Waals surface area contributed by atoms with Gasteiger partial charge in [-0.3, -0.25) is 4.79 Å². The lowest BCUT2D eigenvalue weighted by atomic mass is 9.98. The summed E-state index contributed by atoms with van der Waals surface area (Å²) in [5.74, 6) is -0.385. The standard InChI is InChI=1S/C69H122O14/c1-3-5-7-9-11-13-15-17-19-21-23-25-27-28-29-31-33-35-37-39-41-43-45-47-49-51-53-78-55-58(56-79-68-67(77)65(75)63(73)60(83-68)57-80-69-66(76)64(74)62(72)59(54-70)82-69)81-61(71)52-50-48-46-44-42-40-38-36-34-32-30-26-24-22-20-18-16-14-12-10-8-6-4-2/h6,8,12,14,18,20-21,23-24,26,32,34,58-60,62-70,72-77H,3-5,7,9-11,13,15-17,19,22,25,27-31,33,35-57H2,1-2H3/b8-6-,14-12-,20-18-,23-21-,26-24-,34-32-. The first-order valence-corrected chi connectivity index (χ1v) is 33.5. The van der Waals surface area contributed by atoms with Crippen molar-refractivity contribution in [2.24, 2.45) is 0 Å². The van der Waals surface area contributed by atoms with E-state index in [4.69, 9.17) is 28.4 Å². The van der Waals surface area contributed by atoms with Gasteiger partial charge in [0.15, 0.2) is 12.6 Å².